The van der Waals surface area contributed by atoms with Crippen LogP contribution in [0.15, 0.2) is 35.0 Å². The minimum Gasteiger partial charge on any atom is -0.325 e. The first-order valence-corrected chi connectivity index (χ1v) is 7.25. The average Bonchev–Trinajstić information content (AvgIpc) is 2.78. The van der Waals surface area contributed by atoms with Crippen LogP contribution in [-0.2, 0) is 11.3 Å². The Kier molecular flexibility index (Phi) is 4.96. The Labute approximate surface area is 121 Å². The van der Waals surface area contributed by atoms with Crippen LogP contribution in [0.3, 0.4) is 0 Å². The Bertz CT molecular complexity index is 551. The largest absolute Gasteiger partial charge is 0.325 e. The Balaban J connectivity index is 1.76. The van der Waals surface area contributed by atoms with Gasteiger partial charge in [-0.3, -0.25) is 4.79 Å². The Hall–Kier alpha value is -1.36. The topological polar surface area (TPSA) is 41.1 Å². The molecule has 0 radical (unpaired) electrons. The molecule has 2 N–H and O–H groups in total. The molecule has 1 heterocycles. The van der Waals surface area contributed by atoms with Crippen molar-refractivity contribution < 1.29 is 4.79 Å². The molecule has 19 heavy (non-hydrogen) atoms. The smallest absolute Gasteiger partial charge is 0.238 e. The van der Waals surface area contributed by atoms with Gasteiger partial charge in [0.25, 0.3) is 0 Å². The molecule has 0 aliphatic carbocycles. The van der Waals surface area contributed by atoms with E-state index in [1.165, 1.54) is 11.1 Å². The van der Waals surface area contributed by atoms with E-state index in [1.807, 2.05) is 0 Å². The molecule has 0 atom stereocenters. The molecule has 2 aromatic rings. The fraction of sp³-hybridized carbons (Fsp3) is 0.214. The van der Waals surface area contributed by atoms with Crippen LogP contribution in [0.2, 0.25) is 5.02 Å². The van der Waals surface area contributed by atoms with E-state index < -0.39 is 0 Å². The molecule has 0 aliphatic rings. The monoisotopic (exact) mass is 294 g/mol. The van der Waals surface area contributed by atoms with Crippen LogP contribution in [0.25, 0.3) is 0 Å². The van der Waals surface area contributed by atoms with Gasteiger partial charge in [-0.15, -0.1) is 0 Å². The minimum absolute atomic E-state index is 0.0600. The number of anilines is 1. The molecule has 0 unspecified atom stereocenters. The number of carbonyl (C=O) groups is 1. The first-order valence-electron chi connectivity index (χ1n) is 5.93. The van der Waals surface area contributed by atoms with E-state index in [0.717, 1.165) is 5.69 Å². The minimum atomic E-state index is -0.0600. The summed E-state index contributed by atoms with van der Waals surface area (Å²) in [6, 6.07) is 7.06. The van der Waals surface area contributed by atoms with E-state index in [1.54, 1.807) is 35.6 Å². The van der Waals surface area contributed by atoms with Crippen molar-refractivity contribution in [2.75, 3.05) is 11.9 Å². The van der Waals surface area contributed by atoms with Gasteiger partial charge in [0.05, 0.1) is 6.54 Å². The second-order valence-electron chi connectivity index (χ2n) is 4.24. The Morgan fingerprint density at radius 3 is 2.63 bits per heavy atom. The maximum atomic E-state index is 11.7. The number of benzene rings is 1. The van der Waals surface area contributed by atoms with E-state index in [4.69, 9.17) is 11.6 Å². The van der Waals surface area contributed by atoms with Crippen molar-refractivity contribution in [3.05, 3.63) is 51.2 Å². The van der Waals surface area contributed by atoms with E-state index >= 15 is 0 Å². The zero-order chi connectivity index (χ0) is 13.7. The maximum Gasteiger partial charge on any atom is 0.238 e. The fourth-order valence-corrected chi connectivity index (χ4v) is 2.60. The first-order chi connectivity index (χ1) is 9.15. The highest BCUT2D eigenvalue weighted by molar-refractivity contribution is 7.08. The standard InChI is InChI=1S/C14H15ClN2OS/c1-10-8-19-9-11(10)6-16-7-14(18)17-13-4-2-12(15)3-5-13/h2-5,8-9,16H,6-7H2,1H3,(H,17,18). The number of hydrogen-bond donors (Lipinski definition) is 2. The lowest BCUT2D eigenvalue weighted by molar-refractivity contribution is -0.115. The molecule has 1 aromatic carbocycles. The van der Waals surface area contributed by atoms with E-state index in [9.17, 15) is 4.79 Å². The number of nitrogens with one attached hydrogen (secondary N) is 2. The van der Waals surface area contributed by atoms with Gasteiger partial charge in [-0.2, -0.15) is 11.3 Å². The summed E-state index contributed by atoms with van der Waals surface area (Å²) in [5.74, 6) is -0.0600. The lowest BCUT2D eigenvalue weighted by Crippen LogP contribution is -2.27. The third-order valence-corrected chi connectivity index (χ3v) is 3.85. The molecule has 0 bridgehead atoms. The Morgan fingerprint density at radius 1 is 1.26 bits per heavy atom. The zero-order valence-corrected chi connectivity index (χ0v) is 12.1. The van der Waals surface area contributed by atoms with Gasteiger partial charge < -0.3 is 10.6 Å². The molecule has 0 saturated heterocycles. The summed E-state index contributed by atoms with van der Waals surface area (Å²) >= 11 is 7.46. The van der Waals surface area contributed by atoms with Crippen LogP contribution in [0.4, 0.5) is 5.69 Å². The van der Waals surface area contributed by atoms with Crippen LogP contribution < -0.4 is 10.6 Å². The zero-order valence-electron chi connectivity index (χ0n) is 10.6. The van der Waals surface area contributed by atoms with Crippen LogP contribution in [0.5, 0.6) is 0 Å². The SMILES string of the molecule is Cc1cscc1CNCC(=O)Nc1ccc(Cl)cc1. The number of hydrogen-bond acceptors (Lipinski definition) is 3. The fourth-order valence-electron chi connectivity index (χ4n) is 1.62. The van der Waals surface area contributed by atoms with Crippen LogP contribution >= 0.6 is 22.9 Å². The molecular formula is C14H15ClN2OS. The van der Waals surface area contributed by atoms with Crippen LogP contribution in [0, 0.1) is 6.92 Å². The summed E-state index contributed by atoms with van der Waals surface area (Å²) in [6.07, 6.45) is 0. The summed E-state index contributed by atoms with van der Waals surface area (Å²) in [6.45, 7) is 3.07. The molecule has 1 aromatic heterocycles. The van der Waals surface area contributed by atoms with E-state index in [2.05, 4.69) is 28.3 Å². The summed E-state index contributed by atoms with van der Waals surface area (Å²) in [5.41, 5.74) is 3.25. The van der Waals surface area contributed by atoms with Gasteiger partial charge in [-0.25, -0.2) is 0 Å². The summed E-state index contributed by atoms with van der Waals surface area (Å²) in [7, 11) is 0. The van der Waals surface area contributed by atoms with Gasteiger partial charge in [0.2, 0.25) is 5.91 Å². The van der Waals surface area contributed by atoms with Crippen molar-refractivity contribution in [3.8, 4) is 0 Å². The van der Waals surface area contributed by atoms with Gasteiger partial charge in [-0.05, 0) is 53.1 Å². The molecular weight excluding hydrogens is 280 g/mol. The second kappa shape index (κ2) is 6.70. The molecule has 1 amide bonds. The molecule has 100 valence electrons. The van der Waals surface area contributed by atoms with Crippen molar-refractivity contribution in [2.45, 2.75) is 13.5 Å². The molecule has 2 rings (SSSR count). The normalized spacial score (nSPS) is 10.4. The lowest BCUT2D eigenvalue weighted by atomic mass is 10.2. The van der Waals surface area contributed by atoms with Crippen molar-refractivity contribution >= 4 is 34.5 Å². The van der Waals surface area contributed by atoms with Crippen LogP contribution in [-0.4, -0.2) is 12.5 Å². The number of aryl methyl sites for hydroxylation is 1. The number of thiophene rings is 1. The molecule has 0 spiro atoms. The molecule has 0 saturated carbocycles. The lowest BCUT2D eigenvalue weighted by Gasteiger charge is -2.06. The predicted molar refractivity (Wildman–Crippen MR) is 80.8 cm³/mol. The molecule has 0 fully saturated rings. The quantitative estimate of drug-likeness (QED) is 0.887. The first kappa shape index (κ1) is 14.1. The number of amides is 1. The van der Waals surface area contributed by atoms with Crippen molar-refractivity contribution in [1.82, 2.24) is 5.32 Å². The van der Waals surface area contributed by atoms with Gasteiger partial charge in [0.15, 0.2) is 0 Å². The number of carbonyl (C=O) groups excluding carboxylic acids is 1. The molecule has 5 heteroatoms. The highest BCUT2D eigenvalue weighted by Crippen LogP contribution is 2.14. The highest BCUT2D eigenvalue weighted by atomic mass is 35.5. The molecule has 0 aliphatic heterocycles. The summed E-state index contributed by atoms with van der Waals surface area (Å²) < 4.78 is 0. The summed E-state index contributed by atoms with van der Waals surface area (Å²) in [5, 5.41) is 10.8. The maximum absolute atomic E-state index is 11.7. The Morgan fingerprint density at radius 2 is 2.00 bits per heavy atom. The number of halogens is 1. The van der Waals surface area contributed by atoms with Gasteiger partial charge in [0.1, 0.15) is 0 Å². The van der Waals surface area contributed by atoms with E-state index in [0.29, 0.717) is 11.6 Å². The third kappa shape index (κ3) is 4.35. The van der Waals surface area contributed by atoms with Gasteiger partial charge in [0, 0.05) is 17.3 Å². The van der Waals surface area contributed by atoms with Gasteiger partial charge in [-0.1, -0.05) is 11.6 Å². The van der Waals surface area contributed by atoms with Gasteiger partial charge >= 0.3 is 0 Å². The van der Waals surface area contributed by atoms with E-state index in [-0.39, 0.29) is 12.5 Å². The summed E-state index contributed by atoms with van der Waals surface area (Å²) in [4.78, 5) is 11.7. The predicted octanol–water partition coefficient (Wildman–Crippen LogP) is 3.44. The van der Waals surface area contributed by atoms with Crippen molar-refractivity contribution in [3.63, 3.8) is 0 Å². The average molecular weight is 295 g/mol. The highest BCUT2D eigenvalue weighted by Gasteiger charge is 2.03. The molecule has 3 nitrogen and oxygen atoms in total. The second-order valence-corrected chi connectivity index (χ2v) is 5.42. The third-order valence-electron chi connectivity index (χ3n) is 2.69. The van der Waals surface area contributed by atoms with Crippen LogP contribution in [0.1, 0.15) is 11.1 Å². The number of rotatable bonds is 5. The van der Waals surface area contributed by atoms with Crippen molar-refractivity contribution in [2.24, 2.45) is 0 Å². The van der Waals surface area contributed by atoms with Crippen molar-refractivity contribution in [1.29, 1.82) is 0 Å².